The molecule has 0 aliphatic carbocycles. The van der Waals surface area contributed by atoms with E-state index in [0.29, 0.717) is 0 Å². The SMILES string of the molecule is CCCCP(Cl)Cc1cccc(-c2ccc3ccc4cccc5ccc2c3c45)c1. The van der Waals surface area contributed by atoms with Crippen molar-refractivity contribution in [3.63, 3.8) is 0 Å². The Balaban J connectivity index is 1.63. The molecule has 0 nitrogen and oxygen atoms in total. The Morgan fingerprint density at radius 2 is 1.45 bits per heavy atom. The molecular weight excluding hydrogens is 391 g/mol. The van der Waals surface area contributed by atoms with Crippen molar-refractivity contribution < 1.29 is 0 Å². The summed E-state index contributed by atoms with van der Waals surface area (Å²) < 4.78 is 0. The summed E-state index contributed by atoms with van der Waals surface area (Å²) in [6.45, 7) is 2.23. The first-order valence-corrected chi connectivity index (χ1v) is 13.0. The zero-order valence-electron chi connectivity index (χ0n) is 16.7. The van der Waals surface area contributed by atoms with Gasteiger partial charge >= 0.3 is 0 Å². The third-order valence-electron chi connectivity index (χ3n) is 5.88. The van der Waals surface area contributed by atoms with Crippen molar-refractivity contribution in [3.8, 4) is 11.1 Å². The number of hydrogen-bond donors (Lipinski definition) is 0. The third kappa shape index (κ3) is 3.50. The van der Waals surface area contributed by atoms with Crippen LogP contribution in [0.1, 0.15) is 25.3 Å². The van der Waals surface area contributed by atoms with Crippen molar-refractivity contribution in [1.82, 2.24) is 0 Å². The van der Waals surface area contributed by atoms with Gasteiger partial charge in [0.25, 0.3) is 0 Å². The highest BCUT2D eigenvalue weighted by Gasteiger charge is 2.12. The number of benzene rings is 5. The Labute approximate surface area is 178 Å². The van der Waals surface area contributed by atoms with Crippen molar-refractivity contribution in [1.29, 1.82) is 0 Å². The fourth-order valence-corrected chi connectivity index (χ4v) is 6.61. The van der Waals surface area contributed by atoms with Gasteiger partial charge in [0.05, 0.1) is 0 Å². The Bertz CT molecular complexity index is 1270. The average molecular weight is 415 g/mol. The molecule has 5 rings (SSSR count). The molecule has 0 fully saturated rings. The first-order valence-electron chi connectivity index (χ1n) is 10.4. The molecule has 144 valence electrons. The zero-order chi connectivity index (χ0) is 19.8. The molecule has 0 spiro atoms. The van der Waals surface area contributed by atoms with E-state index >= 15 is 0 Å². The van der Waals surface area contributed by atoms with E-state index in [1.165, 1.54) is 61.8 Å². The van der Waals surface area contributed by atoms with Crippen LogP contribution >= 0.6 is 18.5 Å². The molecule has 1 unspecified atom stereocenters. The molecule has 1 atom stereocenters. The molecular formula is C27H24ClP. The van der Waals surface area contributed by atoms with Crippen molar-refractivity contribution in [2.45, 2.75) is 25.9 Å². The van der Waals surface area contributed by atoms with E-state index in [2.05, 4.69) is 85.8 Å². The van der Waals surface area contributed by atoms with E-state index in [9.17, 15) is 0 Å². The van der Waals surface area contributed by atoms with Crippen LogP contribution in [0.15, 0.2) is 78.9 Å². The summed E-state index contributed by atoms with van der Waals surface area (Å²) in [6.07, 6.45) is 4.59. The third-order valence-corrected chi connectivity index (χ3v) is 8.25. The standard InChI is InChI=1S/C27H24ClP/c1-2-3-16-29(28)18-19-6-4-9-23(17-19)24-14-12-22-11-10-20-7-5-8-21-13-15-25(24)27(22)26(20)21/h4-15,17H,2-3,16,18H2,1H3. The number of rotatable bonds is 6. The van der Waals surface area contributed by atoms with E-state index in [1.807, 2.05) is 0 Å². The summed E-state index contributed by atoms with van der Waals surface area (Å²) in [7, 11) is -0.439. The lowest BCUT2D eigenvalue weighted by Gasteiger charge is -2.15. The molecule has 0 amide bonds. The highest BCUT2D eigenvalue weighted by molar-refractivity contribution is 7.83. The Kier molecular flexibility index (Phi) is 5.17. The molecule has 0 saturated carbocycles. The second-order valence-corrected chi connectivity index (χ2v) is 11.0. The first-order chi connectivity index (χ1) is 14.2. The summed E-state index contributed by atoms with van der Waals surface area (Å²) in [6, 6.07) is 29.2. The molecule has 2 heteroatoms. The van der Waals surface area contributed by atoms with Gasteiger partial charge in [-0.1, -0.05) is 103 Å². The smallest absolute Gasteiger partial charge is 0.00661 e. The summed E-state index contributed by atoms with van der Waals surface area (Å²) in [4.78, 5) is 0. The summed E-state index contributed by atoms with van der Waals surface area (Å²) >= 11 is 6.66. The van der Waals surface area contributed by atoms with Crippen molar-refractivity contribution >= 4 is 50.8 Å². The lowest BCUT2D eigenvalue weighted by Crippen LogP contribution is -1.89. The predicted molar refractivity (Wildman–Crippen MR) is 132 cm³/mol. The zero-order valence-corrected chi connectivity index (χ0v) is 18.3. The van der Waals surface area contributed by atoms with Crippen LogP contribution < -0.4 is 0 Å². The molecule has 0 N–H and O–H groups in total. The van der Waals surface area contributed by atoms with E-state index in [1.54, 1.807) is 0 Å². The molecule has 0 aliphatic rings. The quantitative estimate of drug-likeness (QED) is 0.192. The molecule has 5 aromatic carbocycles. The first kappa shape index (κ1) is 18.9. The summed E-state index contributed by atoms with van der Waals surface area (Å²) in [5, 5.41) is 8.04. The highest BCUT2D eigenvalue weighted by Crippen LogP contribution is 2.46. The fourth-order valence-electron chi connectivity index (χ4n) is 4.43. The van der Waals surface area contributed by atoms with Crippen LogP contribution in [0.4, 0.5) is 0 Å². The largest absolute Gasteiger partial charge is 0.0961 e. The summed E-state index contributed by atoms with van der Waals surface area (Å²) in [5.74, 6) is 0. The second kappa shape index (κ2) is 7.94. The molecule has 5 aromatic rings. The minimum atomic E-state index is -0.439. The molecule has 0 bridgehead atoms. The van der Waals surface area contributed by atoms with Crippen LogP contribution in [0.5, 0.6) is 0 Å². The van der Waals surface area contributed by atoms with Gasteiger partial charge in [0, 0.05) is 6.16 Å². The van der Waals surface area contributed by atoms with Gasteiger partial charge in [-0.15, -0.1) is 0 Å². The predicted octanol–water partition coefficient (Wildman–Crippen LogP) is 9.19. The van der Waals surface area contributed by atoms with Gasteiger partial charge in [0.2, 0.25) is 0 Å². The Morgan fingerprint density at radius 1 is 0.759 bits per heavy atom. The van der Waals surface area contributed by atoms with E-state index in [-0.39, 0.29) is 0 Å². The maximum Gasteiger partial charge on any atom is 0.00661 e. The maximum atomic E-state index is 6.66. The molecule has 29 heavy (non-hydrogen) atoms. The number of unbranched alkanes of at least 4 members (excludes halogenated alkanes) is 1. The minimum absolute atomic E-state index is 0.439. The monoisotopic (exact) mass is 414 g/mol. The van der Waals surface area contributed by atoms with E-state index in [0.717, 1.165) is 12.3 Å². The molecule has 0 radical (unpaired) electrons. The van der Waals surface area contributed by atoms with Crippen LogP contribution in [0.25, 0.3) is 43.4 Å². The number of hydrogen-bond acceptors (Lipinski definition) is 0. The van der Waals surface area contributed by atoms with Crippen LogP contribution in [0.2, 0.25) is 0 Å². The van der Waals surface area contributed by atoms with Crippen LogP contribution in [0.3, 0.4) is 0 Å². The van der Waals surface area contributed by atoms with Gasteiger partial charge in [-0.2, -0.15) is 0 Å². The fraction of sp³-hybridized carbons (Fsp3) is 0.185. The lowest BCUT2D eigenvalue weighted by molar-refractivity contribution is 0.892. The van der Waals surface area contributed by atoms with Gasteiger partial charge in [-0.3, -0.25) is 0 Å². The van der Waals surface area contributed by atoms with Gasteiger partial charge in [0.15, 0.2) is 0 Å². The minimum Gasteiger partial charge on any atom is -0.0961 e. The van der Waals surface area contributed by atoms with Gasteiger partial charge in [-0.25, -0.2) is 0 Å². The lowest BCUT2D eigenvalue weighted by atomic mass is 9.89. The van der Waals surface area contributed by atoms with Gasteiger partial charge in [-0.05, 0) is 68.9 Å². The highest BCUT2D eigenvalue weighted by atomic mass is 35.7. The topological polar surface area (TPSA) is 0 Å². The normalized spacial score (nSPS) is 12.9. The van der Waals surface area contributed by atoms with Crippen LogP contribution in [-0.4, -0.2) is 6.16 Å². The van der Waals surface area contributed by atoms with Gasteiger partial charge in [0.1, 0.15) is 0 Å². The van der Waals surface area contributed by atoms with E-state index < -0.39 is 7.27 Å². The molecule has 0 aromatic heterocycles. The van der Waals surface area contributed by atoms with Crippen molar-refractivity contribution in [2.24, 2.45) is 0 Å². The molecule has 0 aliphatic heterocycles. The van der Waals surface area contributed by atoms with Crippen molar-refractivity contribution in [2.75, 3.05) is 6.16 Å². The van der Waals surface area contributed by atoms with Crippen LogP contribution in [-0.2, 0) is 6.16 Å². The Morgan fingerprint density at radius 3 is 2.24 bits per heavy atom. The van der Waals surface area contributed by atoms with Crippen molar-refractivity contribution in [3.05, 3.63) is 84.4 Å². The maximum absolute atomic E-state index is 6.66. The van der Waals surface area contributed by atoms with Crippen LogP contribution in [0, 0.1) is 0 Å². The molecule has 0 heterocycles. The average Bonchev–Trinajstić information content (AvgIpc) is 2.76. The number of halogens is 1. The summed E-state index contributed by atoms with van der Waals surface area (Å²) in [5.41, 5.74) is 3.95. The van der Waals surface area contributed by atoms with Gasteiger partial charge < -0.3 is 0 Å². The van der Waals surface area contributed by atoms with E-state index in [4.69, 9.17) is 11.2 Å². The molecule has 0 saturated heterocycles. The second-order valence-electron chi connectivity index (χ2n) is 7.87. The Hall–Kier alpha value is -2.14.